The third-order valence-electron chi connectivity index (χ3n) is 15.0. The minimum atomic E-state index is -1.17. The van der Waals surface area contributed by atoms with Crippen LogP contribution in [0.5, 0.6) is 0 Å². The van der Waals surface area contributed by atoms with Crippen LogP contribution in [0.3, 0.4) is 0 Å². The molecule has 7 aromatic rings. The molecular weight excluding hydrogens is 1130 g/mol. The number of unbranched alkanes of at least 4 members (excludes halogenated alkanes) is 1. The number of nitrogens with zero attached hydrogens (tertiary/aromatic N) is 4. The second-order valence-corrected chi connectivity index (χ2v) is 24.5. The molecule has 1 aliphatic rings. The molecule has 2 amide bonds. The predicted molar refractivity (Wildman–Crippen MR) is 338 cm³/mol. The van der Waals surface area contributed by atoms with Gasteiger partial charge in [-0.25, -0.2) is 9.97 Å². The van der Waals surface area contributed by atoms with Gasteiger partial charge in [-0.1, -0.05) is 36.8 Å². The van der Waals surface area contributed by atoms with Gasteiger partial charge in [0.1, 0.15) is 22.1 Å². The standard InChI is InChI=1S/C62H77IN14O4/c1-37-27-48-52(31-42(37)66)76(41-17-10-9-11-18-41)54-33-46(39(3)29-50(54)72-48)69-35-56(78)61(5,6)75-45(19-13-15-23-64)60(81)74-44(20-16-24-65)59(80)62(7,8)71-26-25-68-58(79)36-70-47-34-55-51(30-40(47)4)73-49-28-38(2)43(67)32-53(49)77(55)57-21-12-14-22-63-57/h9-12,14,17-18,21-22,27-34,44-45,71,75H,13,15-16,19-20,23-26,35-36,64-65H2,1-8H3,(H6,66,67,68,69,70,74,79,81)/p+2/t44?,45-/m0/s1. The van der Waals surface area contributed by atoms with E-state index in [1.54, 1.807) is 27.7 Å². The summed E-state index contributed by atoms with van der Waals surface area (Å²) in [5.41, 5.74) is 36.9. The molecular formula is C62H79IN14O4+2. The van der Waals surface area contributed by atoms with Crippen molar-refractivity contribution < 1.29 is 28.3 Å². The highest BCUT2D eigenvalue weighted by atomic mass is 127. The summed E-state index contributed by atoms with van der Waals surface area (Å²) in [5, 5.41) is 19.4. The summed E-state index contributed by atoms with van der Waals surface area (Å²) in [5.74, 6) is -1.03. The van der Waals surface area contributed by atoms with Crippen molar-refractivity contribution in [3.63, 3.8) is 0 Å². The van der Waals surface area contributed by atoms with Gasteiger partial charge in [0.15, 0.2) is 11.6 Å². The third kappa shape index (κ3) is 14.1. The van der Waals surface area contributed by atoms with E-state index in [4.69, 9.17) is 32.9 Å². The lowest BCUT2D eigenvalue weighted by Crippen LogP contribution is -2.61. The van der Waals surface area contributed by atoms with Gasteiger partial charge in [-0.05, 0) is 165 Å². The fourth-order valence-corrected chi connectivity index (χ4v) is 12.2. The SMILES string of the molecule is Cc1cc2nc3cc(C)c(NCC(=O)NCCNC(C)(C)C(=O)C(CCCN)NC(=O)[C@H](CCCCN)NC(C)(C)C(=O)CNc4cc5c(cc4C)nc4cc(C)c(N)cc4[n+]5-c4ccccc4)cc3[n+](C3=CC=CC=I3)c2cc1N. The van der Waals surface area contributed by atoms with Gasteiger partial charge in [0.25, 0.3) is 0 Å². The van der Waals surface area contributed by atoms with Crippen LogP contribution in [0.4, 0.5) is 22.7 Å². The molecule has 0 radical (unpaired) electrons. The lowest BCUT2D eigenvalue weighted by Gasteiger charge is -2.33. The zero-order valence-corrected chi connectivity index (χ0v) is 50.0. The van der Waals surface area contributed by atoms with E-state index in [2.05, 4.69) is 57.2 Å². The minimum absolute atomic E-state index is 0.0198. The Labute approximate surface area is 484 Å². The molecule has 0 bridgehead atoms. The Morgan fingerprint density at radius 3 is 1.74 bits per heavy atom. The molecule has 14 N–H and O–H groups in total. The van der Waals surface area contributed by atoms with Crippen LogP contribution in [0.2, 0.25) is 0 Å². The number of Topliss-reactive ketones (excluding diaryl/α,β-unsaturated/α-hetero) is 2. The second-order valence-electron chi connectivity index (χ2n) is 22.0. The largest absolute Gasteiger partial charge is 0.398 e. The average molecular weight is 1210 g/mol. The van der Waals surface area contributed by atoms with Gasteiger partial charge in [0, 0.05) is 78.3 Å². The molecule has 18 nitrogen and oxygen atoms in total. The van der Waals surface area contributed by atoms with Crippen LogP contribution in [0.15, 0.2) is 97.1 Å². The number of benzene rings is 5. The van der Waals surface area contributed by atoms with Gasteiger partial charge >= 0.3 is 0 Å². The molecule has 0 saturated heterocycles. The highest BCUT2D eigenvalue weighted by molar-refractivity contribution is 14.2. The average Bonchev–Trinajstić information content (AvgIpc) is 3.57. The molecule has 81 heavy (non-hydrogen) atoms. The number of carbonyl (C=O) groups is 4. The number of aromatic nitrogens is 4. The van der Waals surface area contributed by atoms with Crippen LogP contribution < -0.4 is 64.0 Å². The summed E-state index contributed by atoms with van der Waals surface area (Å²) in [6.45, 7) is 16.3. The van der Waals surface area contributed by atoms with Gasteiger partial charge in [-0.15, -0.1) is 9.13 Å². The Bertz CT molecular complexity index is 3630. The molecule has 19 heteroatoms. The summed E-state index contributed by atoms with van der Waals surface area (Å²) in [4.78, 5) is 66.4. The van der Waals surface area contributed by atoms with E-state index >= 15 is 0 Å². The van der Waals surface area contributed by atoms with Crippen LogP contribution in [-0.4, -0.2) is 99.8 Å². The van der Waals surface area contributed by atoms with Gasteiger partial charge in [0.2, 0.25) is 43.3 Å². The molecule has 2 aromatic heterocycles. The Balaban J connectivity index is 0.892. The molecule has 5 aromatic carbocycles. The van der Waals surface area contributed by atoms with E-state index in [9.17, 15) is 19.2 Å². The maximum Gasteiger partial charge on any atom is 0.241 e. The number of anilines is 4. The van der Waals surface area contributed by atoms with Crippen molar-refractivity contribution in [3.05, 3.63) is 119 Å². The first-order valence-electron chi connectivity index (χ1n) is 27.8. The normalized spacial score (nSPS) is 13.5. The van der Waals surface area contributed by atoms with Crippen molar-refractivity contribution >= 4 is 119 Å². The number of carbonyl (C=O) groups excluding carboxylic acids is 4. The quantitative estimate of drug-likeness (QED) is 0.00921. The monoisotopic (exact) mass is 1210 g/mol. The number of para-hydroxylation sites is 1. The van der Waals surface area contributed by atoms with Crippen LogP contribution >= 0.6 is 20.7 Å². The number of amides is 2. The van der Waals surface area contributed by atoms with Crippen LogP contribution in [0, 0.1) is 27.7 Å². The van der Waals surface area contributed by atoms with Crippen molar-refractivity contribution in [3.8, 4) is 5.69 Å². The van der Waals surface area contributed by atoms with Crippen molar-refractivity contribution in [2.75, 3.05) is 61.4 Å². The molecule has 3 heterocycles. The van der Waals surface area contributed by atoms with Gasteiger partial charge < -0.3 is 49.5 Å². The first-order valence-corrected chi connectivity index (χ1v) is 30.1. The maximum atomic E-state index is 14.4. The number of fused-ring (bicyclic) bond motifs is 4. The Hall–Kier alpha value is -7.30. The van der Waals surface area contributed by atoms with Gasteiger partial charge in [0.05, 0.1) is 36.3 Å². The van der Waals surface area contributed by atoms with Gasteiger partial charge in [-0.2, -0.15) is 0 Å². The zero-order valence-electron chi connectivity index (χ0n) is 47.9. The molecule has 0 fully saturated rings. The third-order valence-corrected chi connectivity index (χ3v) is 17.2. The lowest BCUT2D eigenvalue weighted by atomic mass is 9.90. The van der Waals surface area contributed by atoms with E-state index in [0.717, 1.165) is 83.4 Å². The highest BCUT2D eigenvalue weighted by Crippen LogP contribution is 2.30. The van der Waals surface area contributed by atoms with Crippen LogP contribution in [0.1, 0.15) is 82.1 Å². The lowest BCUT2D eigenvalue weighted by molar-refractivity contribution is -0.538. The molecule has 426 valence electrons. The van der Waals surface area contributed by atoms with E-state index in [0.29, 0.717) is 56.6 Å². The number of hydrogen-bond acceptors (Lipinski definition) is 14. The number of nitrogens with two attached hydrogens (primary N) is 4. The van der Waals surface area contributed by atoms with Crippen LogP contribution in [-0.2, 0) is 19.2 Å². The fourth-order valence-electron chi connectivity index (χ4n) is 10.1. The van der Waals surface area contributed by atoms with Crippen molar-refractivity contribution in [1.82, 2.24) is 31.2 Å². The summed E-state index contributed by atoms with van der Waals surface area (Å²) in [7, 11) is 0. The molecule has 8 rings (SSSR count). The number of allylic oxidation sites excluding steroid dienone is 3. The van der Waals surface area contributed by atoms with Crippen LogP contribution in [0.25, 0.3) is 53.5 Å². The Kier molecular flexibility index (Phi) is 19.3. The summed E-state index contributed by atoms with van der Waals surface area (Å²) in [6.07, 6.45) is 8.74. The first kappa shape index (κ1) is 59.8. The number of halogens is 1. The number of aryl methyl sites for hydroxylation is 4. The summed E-state index contributed by atoms with van der Waals surface area (Å²) >= 11 is -0.415. The highest BCUT2D eigenvalue weighted by Gasteiger charge is 2.38. The molecule has 0 spiro atoms. The van der Waals surface area contributed by atoms with E-state index in [-0.39, 0.29) is 43.7 Å². The van der Waals surface area contributed by atoms with E-state index in [1.165, 1.54) is 3.70 Å². The molecule has 1 aliphatic heterocycles. The van der Waals surface area contributed by atoms with Crippen molar-refractivity contribution in [1.29, 1.82) is 0 Å². The first-order chi connectivity index (χ1) is 38.7. The maximum absolute atomic E-state index is 14.4. The van der Waals surface area contributed by atoms with Gasteiger partial charge in [-0.3, -0.25) is 24.5 Å². The minimum Gasteiger partial charge on any atom is -0.398 e. The topological polar surface area (TPSA) is 278 Å². The molecule has 0 aliphatic carbocycles. The molecule has 2 atom stereocenters. The second kappa shape index (κ2) is 26.1. The number of nitrogen functional groups attached to an aromatic ring is 2. The van der Waals surface area contributed by atoms with Crippen molar-refractivity contribution in [2.45, 2.75) is 111 Å². The fraction of sp³-hybridized carbons (Fsp3) is 0.371. The van der Waals surface area contributed by atoms with Crippen molar-refractivity contribution in [2.24, 2.45) is 11.5 Å². The molecule has 0 saturated carbocycles. The Morgan fingerprint density at radius 2 is 1.16 bits per heavy atom. The zero-order chi connectivity index (χ0) is 58.2. The predicted octanol–water partition coefficient (Wildman–Crippen LogP) is 6.43. The Morgan fingerprint density at radius 1 is 0.617 bits per heavy atom. The summed E-state index contributed by atoms with van der Waals surface area (Å²) in [6, 6.07) is 24.4. The number of nitrogens with one attached hydrogen (secondary N) is 6. The molecule has 1 unspecified atom stereocenters. The smallest absolute Gasteiger partial charge is 0.241 e. The van der Waals surface area contributed by atoms with E-state index < -0.39 is 49.8 Å². The number of hydrogen-bond donors (Lipinski definition) is 10. The number of rotatable bonds is 26. The summed E-state index contributed by atoms with van der Waals surface area (Å²) < 4.78 is 7.77. The van der Waals surface area contributed by atoms with E-state index in [1.807, 2.05) is 113 Å². The number of ketones is 2.